The van der Waals surface area contributed by atoms with Crippen LogP contribution in [0.15, 0.2) is 6.33 Å². The third kappa shape index (κ3) is 3.66. The lowest BCUT2D eigenvalue weighted by atomic mass is 10.1. The van der Waals surface area contributed by atoms with Crippen LogP contribution >= 0.6 is 37.2 Å². The van der Waals surface area contributed by atoms with E-state index in [-0.39, 0.29) is 43.3 Å². The van der Waals surface area contributed by atoms with Gasteiger partial charge in [0.15, 0.2) is 0 Å². The maximum absolute atomic E-state index is 11.3. The van der Waals surface area contributed by atoms with Crippen molar-refractivity contribution < 1.29 is 9.53 Å². The first kappa shape index (κ1) is 18.7. The average molecular weight is 305 g/mol. The van der Waals surface area contributed by atoms with Gasteiger partial charge in [0.05, 0.1) is 25.7 Å². The second kappa shape index (κ2) is 7.63. The molecule has 0 unspecified atom stereocenters. The lowest BCUT2D eigenvalue weighted by Crippen LogP contribution is -2.36. The fourth-order valence-electron chi connectivity index (χ4n) is 1.74. The topological polar surface area (TPSA) is 47.4 Å². The Bertz CT molecular complexity index is 370. The van der Waals surface area contributed by atoms with Gasteiger partial charge in [-0.25, -0.2) is 9.78 Å². The van der Waals surface area contributed by atoms with E-state index in [4.69, 9.17) is 0 Å². The molecule has 17 heavy (non-hydrogen) atoms. The van der Waals surface area contributed by atoms with Crippen molar-refractivity contribution in [2.75, 3.05) is 13.7 Å². The van der Waals surface area contributed by atoms with E-state index in [0.717, 1.165) is 12.1 Å². The minimum Gasteiger partial charge on any atom is -0.453 e. The molecule has 0 saturated carbocycles. The summed E-state index contributed by atoms with van der Waals surface area (Å²) < 4.78 is 6.67. The number of hydrogen-bond donors (Lipinski definition) is 0. The second-order valence-corrected chi connectivity index (χ2v) is 3.39. The monoisotopic (exact) mass is 303 g/mol. The van der Waals surface area contributed by atoms with Gasteiger partial charge in [-0.3, -0.25) is 0 Å². The molecule has 0 saturated heterocycles. The highest BCUT2D eigenvalue weighted by atomic mass is 35.5. The van der Waals surface area contributed by atoms with Gasteiger partial charge in [-0.2, -0.15) is 0 Å². The Kier molecular flexibility index (Phi) is 8.40. The number of fused-ring (bicyclic) bond motifs is 1. The Balaban J connectivity index is 0. The Hall–Kier alpha value is -0.650. The molecule has 0 N–H and O–H groups in total. The molecule has 2 heterocycles. The maximum Gasteiger partial charge on any atom is 0.409 e. The van der Waals surface area contributed by atoms with Crippen molar-refractivity contribution in [2.45, 2.75) is 13.0 Å². The first-order chi connectivity index (χ1) is 6.72. The van der Waals surface area contributed by atoms with Gasteiger partial charge in [0.25, 0.3) is 0 Å². The number of nitrogens with zero attached hydrogens (tertiary/aromatic N) is 3. The highest BCUT2D eigenvalue weighted by Gasteiger charge is 2.23. The van der Waals surface area contributed by atoms with Gasteiger partial charge in [-0.1, -0.05) is 0 Å². The molecular formula is C9H16Cl3N3O2. The van der Waals surface area contributed by atoms with Gasteiger partial charge in [0, 0.05) is 25.7 Å². The molecule has 0 spiro atoms. The summed E-state index contributed by atoms with van der Waals surface area (Å²) in [6, 6.07) is 0. The fourth-order valence-corrected chi connectivity index (χ4v) is 1.74. The normalized spacial score (nSPS) is 12.5. The molecule has 0 bridgehead atoms. The zero-order valence-corrected chi connectivity index (χ0v) is 12.0. The number of aromatic nitrogens is 2. The van der Waals surface area contributed by atoms with E-state index < -0.39 is 0 Å². The summed E-state index contributed by atoms with van der Waals surface area (Å²) in [6.45, 7) is 1.27. The number of rotatable bonds is 0. The number of imidazole rings is 1. The Morgan fingerprint density at radius 3 is 2.65 bits per heavy atom. The average Bonchev–Trinajstić information content (AvgIpc) is 2.59. The van der Waals surface area contributed by atoms with E-state index >= 15 is 0 Å². The summed E-state index contributed by atoms with van der Waals surface area (Å²) in [4.78, 5) is 17.2. The SMILES string of the molecule is COC(=O)N1CCc2c(ncn2C)C1.Cl.Cl.Cl. The van der Waals surface area contributed by atoms with Gasteiger partial charge < -0.3 is 14.2 Å². The van der Waals surface area contributed by atoms with Crippen LogP contribution in [0, 0.1) is 0 Å². The molecule has 0 aliphatic carbocycles. The van der Waals surface area contributed by atoms with E-state index in [2.05, 4.69) is 9.72 Å². The van der Waals surface area contributed by atoms with Gasteiger partial charge >= 0.3 is 6.09 Å². The molecule has 1 amide bonds. The van der Waals surface area contributed by atoms with Gasteiger partial charge in [0.2, 0.25) is 0 Å². The number of hydrogen-bond acceptors (Lipinski definition) is 3. The fraction of sp³-hybridized carbons (Fsp3) is 0.556. The van der Waals surface area contributed by atoms with E-state index in [0.29, 0.717) is 13.1 Å². The van der Waals surface area contributed by atoms with Crippen LogP contribution in [0.25, 0.3) is 0 Å². The highest BCUT2D eigenvalue weighted by Crippen LogP contribution is 2.16. The van der Waals surface area contributed by atoms with Crippen LogP contribution in [0.3, 0.4) is 0 Å². The van der Waals surface area contributed by atoms with E-state index in [1.165, 1.54) is 12.8 Å². The smallest absolute Gasteiger partial charge is 0.409 e. The standard InChI is InChI=1S/C9H13N3O2.3ClH/c1-11-6-10-7-5-12(9(13)14-2)4-3-8(7)11;;;/h6H,3-5H2,1-2H3;3*1H. The molecule has 1 aliphatic heterocycles. The molecule has 0 aromatic carbocycles. The summed E-state index contributed by atoms with van der Waals surface area (Å²) in [5.74, 6) is 0. The van der Waals surface area contributed by atoms with Crippen molar-refractivity contribution in [1.29, 1.82) is 0 Å². The minimum atomic E-state index is -0.277. The van der Waals surface area contributed by atoms with Crippen molar-refractivity contribution in [2.24, 2.45) is 7.05 Å². The van der Waals surface area contributed by atoms with Gasteiger partial charge in [-0.15, -0.1) is 37.2 Å². The van der Waals surface area contributed by atoms with E-state index in [9.17, 15) is 4.79 Å². The zero-order valence-electron chi connectivity index (χ0n) is 9.58. The molecule has 0 atom stereocenters. The quantitative estimate of drug-likeness (QED) is 0.734. The van der Waals surface area contributed by atoms with E-state index in [1.807, 2.05) is 11.6 Å². The van der Waals surface area contributed by atoms with E-state index in [1.54, 1.807) is 11.2 Å². The predicted octanol–water partition coefficient (Wildman–Crippen LogP) is 1.81. The summed E-state index contributed by atoms with van der Waals surface area (Å²) in [5.41, 5.74) is 2.19. The van der Waals surface area contributed by atoms with Gasteiger partial charge in [0.1, 0.15) is 0 Å². The third-order valence-electron chi connectivity index (χ3n) is 2.54. The van der Waals surface area contributed by atoms with Crippen molar-refractivity contribution in [1.82, 2.24) is 14.5 Å². The first-order valence-corrected chi connectivity index (χ1v) is 4.54. The Labute approximate surface area is 119 Å². The van der Waals surface area contributed by atoms with Crippen LogP contribution in [0.2, 0.25) is 0 Å². The molecule has 100 valence electrons. The summed E-state index contributed by atoms with van der Waals surface area (Å²) >= 11 is 0. The lowest BCUT2D eigenvalue weighted by molar-refractivity contribution is 0.117. The molecule has 8 heteroatoms. The van der Waals surface area contributed by atoms with Crippen molar-refractivity contribution in [3.05, 3.63) is 17.7 Å². The molecule has 2 rings (SSSR count). The number of ether oxygens (including phenoxy) is 1. The Morgan fingerprint density at radius 2 is 2.06 bits per heavy atom. The van der Waals surface area contributed by atoms with Crippen LogP contribution in [-0.4, -0.2) is 34.2 Å². The Morgan fingerprint density at radius 1 is 1.41 bits per heavy atom. The molecule has 1 aliphatic rings. The third-order valence-corrected chi connectivity index (χ3v) is 2.54. The number of carbonyl (C=O) groups is 1. The van der Waals surface area contributed by atoms with Crippen molar-refractivity contribution >= 4 is 43.3 Å². The molecule has 0 fully saturated rings. The largest absolute Gasteiger partial charge is 0.453 e. The number of methoxy groups -OCH3 is 1. The van der Waals surface area contributed by atoms with Crippen molar-refractivity contribution in [3.8, 4) is 0 Å². The number of halogens is 3. The molecular weight excluding hydrogens is 288 g/mol. The molecule has 5 nitrogen and oxygen atoms in total. The lowest BCUT2D eigenvalue weighted by Gasteiger charge is -2.25. The molecule has 1 aromatic rings. The minimum absolute atomic E-state index is 0. The van der Waals surface area contributed by atoms with Crippen LogP contribution in [-0.2, 0) is 24.8 Å². The highest BCUT2D eigenvalue weighted by molar-refractivity contribution is 5.86. The van der Waals surface area contributed by atoms with Crippen LogP contribution in [0.1, 0.15) is 11.4 Å². The summed E-state index contributed by atoms with van der Waals surface area (Å²) in [5, 5.41) is 0. The number of carbonyl (C=O) groups excluding carboxylic acids is 1. The van der Waals surface area contributed by atoms with Gasteiger partial charge in [-0.05, 0) is 0 Å². The number of amides is 1. The number of aryl methyl sites for hydroxylation is 1. The summed E-state index contributed by atoms with van der Waals surface area (Å²) in [6.07, 6.45) is 2.35. The second-order valence-electron chi connectivity index (χ2n) is 3.39. The van der Waals surface area contributed by atoms with Crippen molar-refractivity contribution in [3.63, 3.8) is 0 Å². The first-order valence-electron chi connectivity index (χ1n) is 4.54. The zero-order chi connectivity index (χ0) is 10.1. The predicted molar refractivity (Wildman–Crippen MR) is 71.5 cm³/mol. The summed E-state index contributed by atoms with van der Waals surface area (Å²) in [7, 11) is 3.37. The van der Waals surface area contributed by atoms with Crippen LogP contribution in [0.5, 0.6) is 0 Å². The maximum atomic E-state index is 11.3. The van der Waals surface area contributed by atoms with Crippen LogP contribution in [0.4, 0.5) is 4.79 Å². The van der Waals surface area contributed by atoms with Crippen LogP contribution < -0.4 is 0 Å². The molecule has 1 aromatic heterocycles. The molecule has 0 radical (unpaired) electrons.